The Morgan fingerprint density at radius 3 is 2.44 bits per heavy atom. The fourth-order valence-electron chi connectivity index (χ4n) is 3.95. The van der Waals surface area contributed by atoms with E-state index in [0.29, 0.717) is 17.0 Å². The maximum atomic E-state index is 12.9. The third-order valence-corrected chi connectivity index (χ3v) is 5.77. The van der Waals surface area contributed by atoms with Gasteiger partial charge in [0.1, 0.15) is 12.4 Å². The highest BCUT2D eigenvalue weighted by molar-refractivity contribution is 6.10. The van der Waals surface area contributed by atoms with E-state index >= 15 is 0 Å². The van der Waals surface area contributed by atoms with Gasteiger partial charge in [-0.25, -0.2) is 0 Å². The van der Waals surface area contributed by atoms with E-state index in [1.807, 2.05) is 19.1 Å². The quantitative estimate of drug-likeness (QED) is 0.450. The van der Waals surface area contributed by atoms with Crippen molar-refractivity contribution in [2.24, 2.45) is 0 Å². The molecule has 0 spiro atoms. The third-order valence-electron chi connectivity index (χ3n) is 5.77. The van der Waals surface area contributed by atoms with Crippen LogP contribution in [0, 0.1) is 6.92 Å². The van der Waals surface area contributed by atoms with Gasteiger partial charge in [0.2, 0.25) is 0 Å². The number of hydrogen-bond acceptors (Lipinski definition) is 4. The second-order valence-electron chi connectivity index (χ2n) is 8.02. The zero-order chi connectivity index (χ0) is 24.5. The average Bonchev–Trinajstić information content (AvgIpc) is 3.15. The van der Waals surface area contributed by atoms with E-state index in [1.165, 1.54) is 24.1 Å². The molecule has 3 aromatic carbocycles. The van der Waals surface area contributed by atoms with Crippen molar-refractivity contribution >= 4 is 17.6 Å². The molecule has 5 nitrogen and oxygen atoms in total. The van der Waals surface area contributed by atoms with Gasteiger partial charge in [-0.15, -0.1) is 0 Å². The highest BCUT2D eigenvalue weighted by atomic mass is 19.4. The van der Waals surface area contributed by atoms with Crippen LogP contribution in [0.15, 0.2) is 60.7 Å². The van der Waals surface area contributed by atoms with Crippen molar-refractivity contribution in [1.82, 2.24) is 0 Å². The van der Waals surface area contributed by atoms with E-state index in [4.69, 9.17) is 9.47 Å². The van der Waals surface area contributed by atoms with Crippen molar-refractivity contribution in [3.63, 3.8) is 0 Å². The summed E-state index contributed by atoms with van der Waals surface area (Å²) < 4.78 is 49.3. The van der Waals surface area contributed by atoms with Crippen LogP contribution in [0.25, 0.3) is 0 Å². The normalized spacial score (nSPS) is 13.1. The van der Waals surface area contributed by atoms with Crippen molar-refractivity contribution in [3.05, 3.63) is 94.0 Å². The summed E-state index contributed by atoms with van der Waals surface area (Å²) in [6, 6.07) is 15.3. The molecule has 1 amide bonds. The van der Waals surface area contributed by atoms with Crippen molar-refractivity contribution in [1.29, 1.82) is 0 Å². The van der Waals surface area contributed by atoms with Gasteiger partial charge in [0.25, 0.3) is 5.91 Å². The number of fused-ring (bicyclic) bond motifs is 1. The van der Waals surface area contributed by atoms with E-state index in [0.717, 1.165) is 34.4 Å². The van der Waals surface area contributed by atoms with E-state index in [-0.39, 0.29) is 31.4 Å². The van der Waals surface area contributed by atoms with Crippen molar-refractivity contribution < 1.29 is 32.2 Å². The molecule has 1 heterocycles. The Hall–Kier alpha value is -3.81. The molecule has 0 atom stereocenters. The number of aryl methyl sites for hydroxylation is 1. The highest BCUT2D eigenvalue weighted by Gasteiger charge is 2.33. The van der Waals surface area contributed by atoms with Gasteiger partial charge in [-0.2, -0.15) is 13.2 Å². The number of benzene rings is 3. The summed E-state index contributed by atoms with van der Waals surface area (Å²) in [5.41, 5.74) is 3.42. The van der Waals surface area contributed by atoms with Gasteiger partial charge < -0.3 is 14.4 Å². The Balaban J connectivity index is 1.50. The van der Waals surface area contributed by atoms with Crippen molar-refractivity contribution in [2.75, 3.05) is 12.0 Å². The predicted molar refractivity (Wildman–Crippen MR) is 120 cm³/mol. The minimum absolute atomic E-state index is 0.172. The van der Waals surface area contributed by atoms with Gasteiger partial charge in [0, 0.05) is 11.3 Å². The van der Waals surface area contributed by atoms with Crippen LogP contribution < -0.4 is 9.64 Å². The highest BCUT2D eigenvalue weighted by Crippen LogP contribution is 2.34. The van der Waals surface area contributed by atoms with Gasteiger partial charge in [-0.3, -0.25) is 9.59 Å². The molecule has 0 aliphatic carbocycles. The first kappa shape index (κ1) is 23.4. The molecular weight excluding hydrogens is 447 g/mol. The summed E-state index contributed by atoms with van der Waals surface area (Å²) in [5, 5.41) is 0. The smallest absolute Gasteiger partial charge is 0.416 e. The maximum Gasteiger partial charge on any atom is 0.416 e. The number of hydrogen-bond donors (Lipinski definition) is 0. The zero-order valence-corrected chi connectivity index (χ0v) is 18.6. The number of esters is 1. The molecule has 0 unspecified atom stereocenters. The van der Waals surface area contributed by atoms with Crippen molar-refractivity contribution in [2.45, 2.75) is 32.7 Å². The summed E-state index contributed by atoms with van der Waals surface area (Å²) >= 11 is 0. The van der Waals surface area contributed by atoms with E-state index < -0.39 is 11.7 Å². The zero-order valence-electron chi connectivity index (χ0n) is 18.6. The maximum absolute atomic E-state index is 12.9. The molecular formula is C26H22F3NO4. The first-order valence-electron chi connectivity index (χ1n) is 10.6. The van der Waals surface area contributed by atoms with Gasteiger partial charge >= 0.3 is 12.1 Å². The van der Waals surface area contributed by atoms with Crippen LogP contribution >= 0.6 is 0 Å². The Bertz CT molecular complexity index is 1240. The lowest BCUT2D eigenvalue weighted by Gasteiger charge is -2.17. The predicted octanol–water partition coefficient (Wildman–Crippen LogP) is 5.47. The lowest BCUT2D eigenvalue weighted by molar-refractivity contribution is -0.140. The van der Waals surface area contributed by atoms with Crippen LogP contribution in [0.2, 0.25) is 0 Å². The van der Waals surface area contributed by atoms with Crippen molar-refractivity contribution in [3.8, 4) is 5.75 Å². The first-order valence-corrected chi connectivity index (χ1v) is 10.6. The average molecular weight is 469 g/mol. The molecule has 0 N–H and O–H groups in total. The number of amides is 1. The van der Waals surface area contributed by atoms with Crippen LogP contribution in [-0.4, -0.2) is 19.0 Å². The standard InChI is InChI=1S/C26H22F3NO4/c1-16-12-17(13-24(31)33-2)6-11-23(16)34-15-18-4-3-5-21-22(18)14-30(25(21)32)20-9-7-19(8-10-20)26(27,28)29/h3-12H,13-15H2,1-2H3. The summed E-state index contributed by atoms with van der Waals surface area (Å²) in [6.45, 7) is 2.34. The largest absolute Gasteiger partial charge is 0.489 e. The molecule has 1 aliphatic heterocycles. The Morgan fingerprint density at radius 1 is 1.06 bits per heavy atom. The van der Waals surface area contributed by atoms with Crippen LogP contribution in [0.4, 0.5) is 18.9 Å². The van der Waals surface area contributed by atoms with Crippen LogP contribution in [0.1, 0.15) is 38.2 Å². The minimum Gasteiger partial charge on any atom is -0.489 e. The Labute approximate surface area is 194 Å². The molecule has 1 aliphatic rings. The molecule has 0 radical (unpaired) electrons. The number of methoxy groups -OCH3 is 1. The summed E-state index contributed by atoms with van der Waals surface area (Å²) in [5.74, 6) is 0.0604. The number of nitrogens with zero attached hydrogens (tertiary/aromatic N) is 1. The monoisotopic (exact) mass is 469 g/mol. The fourth-order valence-corrected chi connectivity index (χ4v) is 3.95. The number of rotatable bonds is 6. The molecule has 176 valence electrons. The lowest BCUT2D eigenvalue weighted by Crippen LogP contribution is -2.23. The second kappa shape index (κ2) is 9.21. The van der Waals surface area contributed by atoms with Gasteiger partial charge in [0.15, 0.2) is 0 Å². The van der Waals surface area contributed by atoms with Crippen LogP contribution in [0.3, 0.4) is 0 Å². The SMILES string of the molecule is COC(=O)Cc1ccc(OCc2cccc3c2CN(c2ccc(C(F)(F)F)cc2)C3=O)c(C)c1. The lowest BCUT2D eigenvalue weighted by atomic mass is 10.0. The van der Waals surface area contributed by atoms with Gasteiger partial charge in [-0.05, 0) is 65.6 Å². The molecule has 4 rings (SSSR count). The summed E-state index contributed by atoms with van der Waals surface area (Å²) in [7, 11) is 1.34. The second-order valence-corrected chi connectivity index (χ2v) is 8.02. The molecule has 3 aromatic rings. The number of carbonyl (C=O) groups is 2. The molecule has 34 heavy (non-hydrogen) atoms. The van der Waals surface area contributed by atoms with E-state index in [9.17, 15) is 22.8 Å². The molecule has 0 fully saturated rings. The van der Waals surface area contributed by atoms with Gasteiger partial charge in [-0.1, -0.05) is 24.3 Å². The van der Waals surface area contributed by atoms with Gasteiger partial charge in [0.05, 0.1) is 25.6 Å². The number of alkyl halides is 3. The number of halogens is 3. The molecule has 0 saturated heterocycles. The Morgan fingerprint density at radius 2 is 1.79 bits per heavy atom. The topological polar surface area (TPSA) is 55.8 Å². The summed E-state index contributed by atoms with van der Waals surface area (Å²) in [4.78, 5) is 25.9. The number of ether oxygens (including phenoxy) is 2. The molecule has 0 aromatic heterocycles. The third kappa shape index (κ3) is 4.76. The molecule has 8 heteroatoms. The molecule has 0 bridgehead atoms. The Kier molecular flexibility index (Phi) is 6.32. The van der Waals surface area contributed by atoms with E-state index in [2.05, 4.69) is 0 Å². The van der Waals surface area contributed by atoms with Crippen LogP contribution in [0.5, 0.6) is 5.75 Å². The molecule has 0 saturated carbocycles. The number of carbonyl (C=O) groups excluding carboxylic acids is 2. The van der Waals surface area contributed by atoms with E-state index in [1.54, 1.807) is 24.3 Å². The fraction of sp³-hybridized carbons (Fsp3) is 0.231. The van der Waals surface area contributed by atoms with Crippen LogP contribution in [-0.2, 0) is 35.3 Å². The first-order chi connectivity index (χ1) is 16.2. The summed E-state index contributed by atoms with van der Waals surface area (Å²) in [6.07, 6.45) is -4.26. The number of anilines is 1. The minimum atomic E-state index is -4.43.